The molecule has 0 saturated heterocycles. The fraction of sp³-hybridized carbons (Fsp3) is 0.0370. The number of rotatable bonds is 5. The molecule has 59 heavy (non-hydrogen) atoms. The number of hydrogen-bond donors (Lipinski definition) is 2. The highest BCUT2D eigenvalue weighted by Crippen LogP contribution is 2.41. The van der Waals surface area contributed by atoms with Crippen LogP contribution < -0.4 is 5.73 Å². The predicted octanol–water partition coefficient (Wildman–Crippen LogP) is 13.3. The third-order valence-electron chi connectivity index (χ3n) is 10.9. The maximum atomic E-state index is 7.94. The molecular formula is C54H43N5. The van der Waals surface area contributed by atoms with Gasteiger partial charge in [-0.05, 0) is 72.1 Å². The summed E-state index contributed by atoms with van der Waals surface area (Å²) < 4.78 is 4.88. The topological polar surface area (TPSA) is 71.6 Å². The van der Waals surface area contributed by atoms with Gasteiger partial charge >= 0.3 is 0 Å². The molecule has 0 unspecified atom stereocenters. The van der Waals surface area contributed by atoms with Gasteiger partial charge in [-0.15, -0.1) is 0 Å². The van der Waals surface area contributed by atoms with Crippen molar-refractivity contribution in [3.63, 3.8) is 0 Å². The van der Waals surface area contributed by atoms with Crippen LogP contribution in [-0.2, 0) is 6.54 Å². The van der Waals surface area contributed by atoms with Crippen LogP contribution >= 0.6 is 0 Å². The van der Waals surface area contributed by atoms with E-state index in [2.05, 4.69) is 161 Å². The van der Waals surface area contributed by atoms with Crippen LogP contribution in [0.3, 0.4) is 0 Å². The number of benzene rings is 8. The number of nitrogen functional groups attached to an aromatic ring is 1. The number of nitrogens with one attached hydrogen (secondary N) is 1. The first-order valence-electron chi connectivity index (χ1n) is 19.8. The van der Waals surface area contributed by atoms with Crippen molar-refractivity contribution in [3.05, 3.63) is 217 Å². The number of aryl methyl sites for hydroxylation is 1. The Balaban J connectivity index is 0.000000235. The summed E-state index contributed by atoms with van der Waals surface area (Å²) in [5.41, 5.74) is 18.3. The van der Waals surface area contributed by atoms with Gasteiger partial charge < -0.3 is 14.7 Å². The van der Waals surface area contributed by atoms with Gasteiger partial charge in [0, 0.05) is 38.2 Å². The highest BCUT2D eigenvalue weighted by atomic mass is 15.0. The van der Waals surface area contributed by atoms with E-state index in [1.54, 1.807) is 0 Å². The summed E-state index contributed by atoms with van der Waals surface area (Å²) in [6.45, 7) is 6.21. The molecule has 3 aromatic heterocycles. The van der Waals surface area contributed by atoms with Crippen molar-refractivity contribution in [2.24, 2.45) is 10.7 Å². The zero-order valence-electron chi connectivity index (χ0n) is 32.9. The minimum absolute atomic E-state index is 0.0719. The van der Waals surface area contributed by atoms with Gasteiger partial charge in [-0.1, -0.05) is 169 Å². The van der Waals surface area contributed by atoms with E-state index in [4.69, 9.17) is 11.1 Å². The Morgan fingerprint density at radius 1 is 0.525 bits per heavy atom. The lowest BCUT2D eigenvalue weighted by Crippen LogP contribution is -2.10. The Kier molecular flexibility index (Phi) is 10.00. The molecule has 0 aliphatic carbocycles. The second-order valence-corrected chi connectivity index (χ2v) is 14.7. The van der Waals surface area contributed by atoms with E-state index in [0.717, 1.165) is 28.9 Å². The molecule has 0 amide bonds. The Morgan fingerprint density at radius 3 is 1.76 bits per heavy atom. The first kappa shape index (κ1) is 36.9. The molecule has 0 fully saturated rings. The van der Waals surface area contributed by atoms with Crippen molar-refractivity contribution in [3.8, 4) is 16.8 Å². The molecule has 0 bridgehead atoms. The minimum Gasteiger partial charge on any atom is -0.384 e. The van der Waals surface area contributed by atoms with E-state index in [1.807, 2.05) is 66.7 Å². The van der Waals surface area contributed by atoms with E-state index in [-0.39, 0.29) is 5.84 Å². The molecule has 0 aliphatic rings. The number of nitrogens with zero attached hydrogens (tertiary/aromatic N) is 3. The van der Waals surface area contributed by atoms with Crippen LogP contribution in [0.4, 0.5) is 0 Å². The normalized spacial score (nSPS) is 11.1. The van der Waals surface area contributed by atoms with Gasteiger partial charge in [-0.2, -0.15) is 0 Å². The summed E-state index contributed by atoms with van der Waals surface area (Å²) in [4.78, 5) is 3.76. The van der Waals surface area contributed by atoms with Gasteiger partial charge in [0.15, 0.2) is 0 Å². The van der Waals surface area contributed by atoms with Crippen LogP contribution in [-0.4, -0.2) is 21.5 Å². The van der Waals surface area contributed by atoms with Crippen LogP contribution in [0.1, 0.15) is 16.7 Å². The van der Waals surface area contributed by atoms with Crippen LogP contribution in [0, 0.1) is 12.3 Å². The lowest BCUT2D eigenvalue weighted by Gasteiger charge is -2.13. The molecule has 3 heterocycles. The quantitative estimate of drug-likeness (QED) is 0.102. The molecule has 284 valence electrons. The Hall–Kier alpha value is -7.76. The first-order chi connectivity index (χ1) is 29.0. The van der Waals surface area contributed by atoms with E-state index in [9.17, 15) is 0 Å². The summed E-state index contributed by atoms with van der Waals surface area (Å²) in [6, 6.07) is 70.0. The smallest absolute Gasteiger partial charge is 0.122 e. The van der Waals surface area contributed by atoms with Crippen LogP contribution in [0.15, 0.2) is 205 Å². The van der Waals surface area contributed by atoms with Gasteiger partial charge in [-0.3, -0.25) is 10.4 Å². The molecule has 0 atom stereocenters. The number of hydrogen-bond acceptors (Lipinski definition) is 2. The summed E-state index contributed by atoms with van der Waals surface area (Å²) in [7, 11) is 0. The zero-order valence-corrected chi connectivity index (χ0v) is 32.9. The van der Waals surface area contributed by atoms with Crippen molar-refractivity contribution in [1.82, 2.24) is 8.97 Å². The van der Waals surface area contributed by atoms with E-state index in [1.165, 1.54) is 71.0 Å². The van der Waals surface area contributed by atoms with Crippen molar-refractivity contribution in [1.29, 1.82) is 5.41 Å². The maximum absolute atomic E-state index is 7.94. The number of aromatic nitrogens is 2. The van der Waals surface area contributed by atoms with Gasteiger partial charge in [0.2, 0.25) is 0 Å². The van der Waals surface area contributed by atoms with Crippen LogP contribution in [0.25, 0.3) is 76.7 Å². The number of amidine groups is 1. The molecule has 5 nitrogen and oxygen atoms in total. The Bertz CT molecular complexity index is 3300. The standard InChI is InChI=1S/C39H26N4.C8H9N.C7H8/c40-39(41)27-11-7-9-24(21-27)25-10-8-12-28(22-25)42-34-17-5-4-16-32(34)33-20-19-26-23-36-31-15-2-1-13-29(31)30-14-3-6-18-35(30)43(36)37(26)38(33)42;1-9-7-8-5-3-2-4-6-8;1-7-5-3-2-4-6-7/h1-23H,(H3,40,41);2-6H,1,7H2;2-6H,1H3. The van der Waals surface area contributed by atoms with E-state index >= 15 is 0 Å². The fourth-order valence-corrected chi connectivity index (χ4v) is 8.23. The lowest BCUT2D eigenvalue weighted by molar-refractivity contribution is 1.08. The molecule has 3 N–H and O–H groups in total. The molecule has 11 rings (SSSR count). The number of fused-ring (bicyclic) bond motifs is 12. The molecule has 0 saturated carbocycles. The molecule has 0 spiro atoms. The zero-order chi connectivity index (χ0) is 40.3. The molecule has 0 aliphatic heterocycles. The summed E-state index contributed by atoms with van der Waals surface area (Å²) >= 11 is 0. The van der Waals surface area contributed by atoms with Gasteiger partial charge in [0.25, 0.3) is 0 Å². The largest absolute Gasteiger partial charge is 0.384 e. The maximum Gasteiger partial charge on any atom is 0.122 e. The molecule has 11 aromatic rings. The third kappa shape index (κ3) is 7.00. The second kappa shape index (κ2) is 16.0. The predicted molar refractivity (Wildman–Crippen MR) is 252 cm³/mol. The van der Waals surface area contributed by atoms with Crippen molar-refractivity contribution in [2.75, 3.05) is 0 Å². The van der Waals surface area contributed by atoms with E-state index < -0.39 is 0 Å². The van der Waals surface area contributed by atoms with Crippen molar-refractivity contribution < 1.29 is 0 Å². The third-order valence-corrected chi connectivity index (χ3v) is 10.9. The average Bonchev–Trinajstić information content (AvgIpc) is 3.85. The Morgan fingerprint density at radius 2 is 1.10 bits per heavy atom. The van der Waals surface area contributed by atoms with Gasteiger partial charge in [0.1, 0.15) is 5.84 Å². The second-order valence-electron chi connectivity index (χ2n) is 14.7. The fourth-order valence-electron chi connectivity index (χ4n) is 8.23. The van der Waals surface area contributed by atoms with Gasteiger partial charge in [0.05, 0.1) is 34.1 Å². The number of nitrogens with two attached hydrogens (primary N) is 1. The lowest BCUT2D eigenvalue weighted by atomic mass is 10.0. The summed E-state index contributed by atoms with van der Waals surface area (Å²) in [5, 5.41) is 15.4. The van der Waals surface area contributed by atoms with E-state index in [0.29, 0.717) is 0 Å². The van der Waals surface area contributed by atoms with Crippen LogP contribution in [0.2, 0.25) is 0 Å². The minimum atomic E-state index is 0.0719. The number of para-hydroxylation sites is 2. The average molecular weight is 762 g/mol. The number of pyridine rings is 1. The molecule has 5 heteroatoms. The first-order valence-corrected chi connectivity index (χ1v) is 19.8. The summed E-state index contributed by atoms with van der Waals surface area (Å²) in [6.07, 6.45) is 0. The SMILES string of the molecule is C=NCc1ccccc1.Cc1ccccc1.N=C(N)c1cccc(-c2cccc(-n3c4ccccc4c4ccc5cc6c7ccccc7c7ccccc7n6c5c43)c2)c1. The highest BCUT2D eigenvalue weighted by molar-refractivity contribution is 6.22. The van der Waals surface area contributed by atoms with Crippen molar-refractivity contribution in [2.45, 2.75) is 13.5 Å². The molecular weight excluding hydrogens is 719 g/mol. The summed E-state index contributed by atoms with van der Waals surface area (Å²) in [5.74, 6) is 0.0719. The van der Waals surface area contributed by atoms with Crippen molar-refractivity contribution >= 4 is 72.5 Å². The number of aliphatic imine (C=N–C) groups is 1. The monoisotopic (exact) mass is 761 g/mol. The Labute approximate surface area is 343 Å². The molecule has 0 radical (unpaired) electrons. The van der Waals surface area contributed by atoms with Crippen LogP contribution in [0.5, 0.6) is 0 Å². The highest BCUT2D eigenvalue weighted by Gasteiger charge is 2.20. The van der Waals surface area contributed by atoms with Gasteiger partial charge in [-0.25, -0.2) is 0 Å². The molecule has 8 aromatic carbocycles.